The van der Waals surface area contributed by atoms with Gasteiger partial charge in [0.05, 0.1) is 13.7 Å². The normalized spacial score (nSPS) is 23.4. The highest BCUT2D eigenvalue weighted by Gasteiger charge is 2.41. The van der Waals surface area contributed by atoms with Gasteiger partial charge in [-0.3, -0.25) is 19.7 Å². The number of imide groups is 1. The maximum absolute atomic E-state index is 13.5. The number of carbonyl (C=O) groups excluding carboxylic acids is 3. The number of fused-ring (bicyclic) bond motifs is 1. The molecule has 2 aliphatic carbocycles. The summed E-state index contributed by atoms with van der Waals surface area (Å²) in [5.74, 6) is 2.30. The first-order valence-electron chi connectivity index (χ1n) is 16.0. The van der Waals surface area contributed by atoms with Crippen molar-refractivity contribution in [1.29, 1.82) is 0 Å². The summed E-state index contributed by atoms with van der Waals surface area (Å²) in [6.07, 6.45) is 10.4. The van der Waals surface area contributed by atoms with Gasteiger partial charge in [0.1, 0.15) is 23.9 Å². The molecule has 0 radical (unpaired) electrons. The monoisotopic (exact) mass is 596 g/mol. The Bertz CT molecular complexity index is 1540. The highest BCUT2D eigenvalue weighted by molar-refractivity contribution is 6.06. The lowest BCUT2D eigenvalue weighted by atomic mass is 9.84. The summed E-state index contributed by atoms with van der Waals surface area (Å²) in [6, 6.07) is 13.9. The molecule has 3 heterocycles. The van der Waals surface area contributed by atoms with E-state index in [1.54, 1.807) is 12.0 Å². The zero-order valence-corrected chi connectivity index (χ0v) is 25.3. The lowest BCUT2D eigenvalue weighted by molar-refractivity contribution is -0.136. The van der Waals surface area contributed by atoms with Crippen LogP contribution >= 0.6 is 0 Å². The highest BCUT2D eigenvalue weighted by Crippen LogP contribution is 2.41. The fourth-order valence-electron chi connectivity index (χ4n) is 7.34. The number of hydrogen-bond acceptors (Lipinski definition) is 7. The smallest absolute Gasteiger partial charge is 0.255 e. The first-order valence-corrected chi connectivity index (χ1v) is 16.0. The summed E-state index contributed by atoms with van der Waals surface area (Å²) in [5, 5.41) is 11.3. The minimum atomic E-state index is -0.605. The lowest BCUT2D eigenvalue weighted by Gasteiger charge is -2.39. The van der Waals surface area contributed by atoms with Gasteiger partial charge in [-0.05, 0) is 74.3 Å². The molecule has 0 bridgehead atoms. The Morgan fingerprint density at radius 1 is 0.977 bits per heavy atom. The van der Waals surface area contributed by atoms with E-state index < -0.39 is 6.04 Å². The fraction of sp³-hybridized carbons (Fsp3) is 0.500. The summed E-state index contributed by atoms with van der Waals surface area (Å²) in [5.41, 5.74) is 4.01. The van der Waals surface area contributed by atoms with Crippen molar-refractivity contribution in [2.24, 2.45) is 5.92 Å². The van der Waals surface area contributed by atoms with Crippen molar-refractivity contribution >= 4 is 23.4 Å². The standard InChI is InChI=1S/C34H40N6O4/c1-44-26-13-7-23(8-14-26)19-38-21-35-37-32(38)24-9-11-25(12-10-24)39(18-17-22-5-6-22)29-4-2-3-27-28(29)20-40(34(27)43)30-15-16-31(41)36-33(30)42/h2-4,7-8,13-14,21-22,24-25,30H,5-6,9-12,15-20H2,1H3,(H,36,41,42). The van der Waals surface area contributed by atoms with Gasteiger partial charge in [0, 0.05) is 48.3 Å². The molecule has 1 atom stereocenters. The third-order valence-corrected chi connectivity index (χ3v) is 10.0. The Morgan fingerprint density at radius 2 is 1.77 bits per heavy atom. The number of amides is 3. The zero-order chi connectivity index (χ0) is 30.2. The van der Waals surface area contributed by atoms with Crippen molar-refractivity contribution in [2.75, 3.05) is 18.6 Å². The van der Waals surface area contributed by atoms with E-state index in [-0.39, 0.29) is 24.1 Å². The van der Waals surface area contributed by atoms with Crippen LogP contribution in [-0.2, 0) is 22.7 Å². The maximum atomic E-state index is 13.5. The van der Waals surface area contributed by atoms with Crippen LogP contribution in [0.1, 0.15) is 91.0 Å². The van der Waals surface area contributed by atoms with Crippen LogP contribution in [0.2, 0.25) is 0 Å². The fourth-order valence-corrected chi connectivity index (χ4v) is 7.34. The second-order valence-electron chi connectivity index (χ2n) is 12.8. The number of nitrogens with one attached hydrogen (secondary N) is 1. The van der Waals surface area contributed by atoms with Crippen molar-refractivity contribution in [3.05, 3.63) is 71.3 Å². The Balaban J connectivity index is 1.07. The quantitative estimate of drug-likeness (QED) is 0.345. The molecule has 7 rings (SSSR count). The third-order valence-electron chi connectivity index (χ3n) is 10.0. The van der Waals surface area contributed by atoms with Crippen LogP contribution in [0.15, 0.2) is 48.8 Å². The van der Waals surface area contributed by atoms with E-state index in [0.717, 1.165) is 73.9 Å². The number of carbonyl (C=O) groups is 3. The molecule has 2 saturated carbocycles. The Morgan fingerprint density at radius 3 is 2.50 bits per heavy atom. The number of ether oxygens (including phenoxy) is 1. The number of hydrogen-bond donors (Lipinski definition) is 1. The van der Waals surface area contributed by atoms with Gasteiger partial charge in [-0.1, -0.05) is 31.0 Å². The summed E-state index contributed by atoms with van der Waals surface area (Å²) in [4.78, 5) is 42.2. The van der Waals surface area contributed by atoms with Crippen LogP contribution in [0.25, 0.3) is 0 Å². The predicted octanol–water partition coefficient (Wildman–Crippen LogP) is 4.43. The Hall–Kier alpha value is -4.21. The summed E-state index contributed by atoms with van der Waals surface area (Å²) < 4.78 is 7.48. The number of nitrogens with zero attached hydrogens (tertiary/aromatic N) is 5. The Kier molecular flexibility index (Phi) is 7.82. The van der Waals surface area contributed by atoms with E-state index in [0.29, 0.717) is 30.5 Å². The van der Waals surface area contributed by atoms with E-state index in [4.69, 9.17) is 4.74 Å². The van der Waals surface area contributed by atoms with Gasteiger partial charge in [0.2, 0.25) is 11.8 Å². The molecule has 44 heavy (non-hydrogen) atoms. The molecule has 2 aliphatic heterocycles. The van der Waals surface area contributed by atoms with E-state index in [2.05, 4.69) is 43.2 Å². The molecule has 3 aromatic rings. The van der Waals surface area contributed by atoms with Crippen LogP contribution in [0.4, 0.5) is 5.69 Å². The highest BCUT2D eigenvalue weighted by atomic mass is 16.5. The van der Waals surface area contributed by atoms with Gasteiger partial charge >= 0.3 is 0 Å². The first-order chi connectivity index (χ1) is 21.5. The molecule has 2 aromatic carbocycles. The van der Waals surface area contributed by atoms with Gasteiger partial charge in [-0.15, -0.1) is 10.2 Å². The van der Waals surface area contributed by atoms with E-state index in [1.807, 2.05) is 30.6 Å². The van der Waals surface area contributed by atoms with Crippen molar-refractivity contribution < 1.29 is 19.1 Å². The summed E-state index contributed by atoms with van der Waals surface area (Å²) in [7, 11) is 1.68. The van der Waals surface area contributed by atoms with E-state index in [1.165, 1.54) is 18.4 Å². The van der Waals surface area contributed by atoms with Gasteiger partial charge < -0.3 is 19.1 Å². The van der Waals surface area contributed by atoms with Crippen molar-refractivity contribution in [1.82, 2.24) is 25.0 Å². The number of rotatable bonds is 10. The van der Waals surface area contributed by atoms with E-state index in [9.17, 15) is 14.4 Å². The summed E-state index contributed by atoms with van der Waals surface area (Å²) in [6.45, 7) is 2.10. The topological polar surface area (TPSA) is 110 Å². The molecule has 3 fully saturated rings. The SMILES string of the molecule is COc1ccc(Cn2cnnc2C2CCC(N(CCC3CC3)c3cccc4c3CN(C3CCC(=O)NC3=O)C4=O)CC2)cc1. The maximum Gasteiger partial charge on any atom is 0.255 e. The predicted molar refractivity (Wildman–Crippen MR) is 164 cm³/mol. The second kappa shape index (κ2) is 12.1. The molecule has 1 aromatic heterocycles. The Labute approximate surface area is 257 Å². The van der Waals surface area contributed by atoms with Gasteiger partial charge in [0.15, 0.2) is 0 Å². The van der Waals surface area contributed by atoms with Crippen LogP contribution in [-0.4, -0.2) is 63.1 Å². The number of aromatic nitrogens is 3. The molecule has 1 saturated heterocycles. The van der Waals surface area contributed by atoms with Crippen molar-refractivity contribution in [3.8, 4) is 5.75 Å². The molecule has 1 unspecified atom stereocenters. The molecule has 3 amide bonds. The number of methoxy groups -OCH3 is 1. The van der Waals surface area contributed by atoms with Gasteiger partial charge in [0.25, 0.3) is 5.91 Å². The van der Waals surface area contributed by atoms with Crippen LogP contribution in [0, 0.1) is 5.92 Å². The van der Waals surface area contributed by atoms with Gasteiger partial charge in [-0.25, -0.2) is 0 Å². The first kappa shape index (κ1) is 28.6. The molecule has 10 heteroatoms. The lowest BCUT2D eigenvalue weighted by Crippen LogP contribution is -2.52. The molecular weight excluding hydrogens is 556 g/mol. The molecular formula is C34H40N6O4. The zero-order valence-electron chi connectivity index (χ0n) is 25.3. The van der Waals surface area contributed by atoms with Crippen LogP contribution in [0.5, 0.6) is 5.75 Å². The minimum Gasteiger partial charge on any atom is -0.497 e. The average molecular weight is 597 g/mol. The van der Waals surface area contributed by atoms with E-state index >= 15 is 0 Å². The summed E-state index contributed by atoms with van der Waals surface area (Å²) >= 11 is 0. The van der Waals surface area contributed by atoms with Gasteiger partial charge in [-0.2, -0.15) is 0 Å². The molecule has 1 N–H and O–H groups in total. The largest absolute Gasteiger partial charge is 0.497 e. The number of piperidine rings is 1. The number of benzene rings is 2. The van der Waals surface area contributed by atoms with Crippen molar-refractivity contribution in [2.45, 2.75) is 88.9 Å². The second-order valence-corrected chi connectivity index (χ2v) is 12.8. The molecule has 10 nitrogen and oxygen atoms in total. The molecule has 0 spiro atoms. The van der Waals surface area contributed by atoms with Crippen molar-refractivity contribution in [3.63, 3.8) is 0 Å². The minimum absolute atomic E-state index is 0.113. The molecule has 4 aliphatic rings. The van der Waals surface area contributed by atoms with Crippen LogP contribution < -0.4 is 15.0 Å². The number of anilines is 1. The van der Waals surface area contributed by atoms with Crippen LogP contribution in [0.3, 0.4) is 0 Å². The average Bonchev–Trinajstić information content (AvgIpc) is 3.66. The molecule has 230 valence electrons. The third kappa shape index (κ3) is 5.69.